The Bertz CT molecular complexity index is 201. The molecule has 0 aliphatic carbocycles. The summed E-state index contributed by atoms with van der Waals surface area (Å²) in [5.41, 5.74) is 0. The van der Waals surface area contributed by atoms with E-state index in [-0.39, 0.29) is 16.8 Å². The van der Waals surface area contributed by atoms with Gasteiger partial charge in [0, 0.05) is 10.00 Å². The SMILES string of the molecule is CC(C)OC(=O)CC(C)(C)SSC(C)C. The van der Waals surface area contributed by atoms with Gasteiger partial charge in [-0.2, -0.15) is 0 Å². The second kappa shape index (κ2) is 6.69. The molecule has 0 aromatic rings. The van der Waals surface area contributed by atoms with Crippen molar-refractivity contribution in [1.82, 2.24) is 0 Å². The second-order valence-electron chi connectivity index (χ2n) is 4.70. The van der Waals surface area contributed by atoms with Crippen LogP contribution in [0.3, 0.4) is 0 Å². The van der Waals surface area contributed by atoms with Gasteiger partial charge in [-0.15, -0.1) is 0 Å². The van der Waals surface area contributed by atoms with E-state index in [1.165, 1.54) is 0 Å². The first-order valence-corrected chi connectivity index (χ1v) is 7.48. The summed E-state index contributed by atoms with van der Waals surface area (Å²) in [4.78, 5) is 11.5. The molecular formula is C11H22O2S2. The monoisotopic (exact) mass is 250 g/mol. The number of carbonyl (C=O) groups excluding carboxylic acids is 1. The van der Waals surface area contributed by atoms with Gasteiger partial charge in [0.2, 0.25) is 0 Å². The van der Waals surface area contributed by atoms with Crippen LogP contribution < -0.4 is 0 Å². The summed E-state index contributed by atoms with van der Waals surface area (Å²) in [5, 5.41) is 0.579. The summed E-state index contributed by atoms with van der Waals surface area (Å²) < 4.78 is 5.08. The molecule has 0 aliphatic heterocycles. The van der Waals surface area contributed by atoms with E-state index >= 15 is 0 Å². The highest BCUT2D eigenvalue weighted by molar-refractivity contribution is 8.77. The van der Waals surface area contributed by atoms with Crippen LogP contribution in [0.5, 0.6) is 0 Å². The Morgan fingerprint density at radius 3 is 2.20 bits per heavy atom. The van der Waals surface area contributed by atoms with Gasteiger partial charge in [0.1, 0.15) is 0 Å². The van der Waals surface area contributed by atoms with Gasteiger partial charge < -0.3 is 4.74 Å². The zero-order valence-electron chi connectivity index (χ0n) is 10.5. The summed E-state index contributed by atoms with van der Waals surface area (Å²) in [6, 6.07) is 0. The first-order valence-electron chi connectivity index (χ1n) is 5.27. The van der Waals surface area contributed by atoms with Crippen LogP contribution in [0.2, 0.25) is 0 Å². The van der Waals surface area contributed by atoms with Crippen molar-refractivity contribution >= 4 is 27.6 Å². The maximum Gasteiger partial charge on any atom is 0.307 e. The third-order valence-corrected chi connectivity index (χ3v) is 5.28. The number of rotatable bonds is 6. The fourth-order valence-electron chi connectivity index (χ4n) is 0.908. The van der Waals surface area contributed by atoms with E-state index in [0.717, 1.165) is 0 Å². The van der Waals surface area contributed by atoms with Crippen molar-refractivity contribution < 1.29 is 9.53 Å². The van der Waals surface area contributed by atoms with E-state index in [4.69, 9.17) is 4.74 Å². The average Bonchev–Trinajstić information content (AvgIpc) is 1.98. The number of hydrogen-bond acceptors (Lipinski definition) is 4. The topological polar surface area (TPSA) is 26.3 Å². The zero-order chi connectivity index (χ0) is 12.1. The van der Waals surface area contributed by atoms with E-state index in [1.54, 1.807) is 10.8 Å². The maximum atomic E-state index is 11.5. The highest BCUT2D eigenvalue weighted by Crippen LogP contribution is 2.40. The van der Waals surface area contributed by atoms with Crippen LogP contribution in [0.1, 0.15) is 48.0 Å². The normalized spacial score (nSPS) is 12.3. The average molecular weight is 250 g/mol. The van der Waals surface area contributed by atoms with Gasteiger partial charge in [-0.25, -0.2) is 0 Å². The number of ether oxygens (including phenoxy) is 1. The van der Waals surface area contributed by atoms with Gasteiger partial charge in [-0.1, -0.05) is 35.4 Å². The lowest BCUT2D eigenvalue weighted by molar-refractivity contribution is -0.147. The molecule has 0 spiro atoms. The summed E-state index contributed by atoms with van der Waals surface area (Å²) in [6.45, 7) is 12.2. The molecule has 0 aliphatic rings. The van der Waals surface area contributed by atoms with E-state index in [2.05, 4.69) is 27.7 Å². The van der Waals surface area contributed by atoms with E-state index < -0.39 is 0 Å². The number of hydrogen-bond donors (Lipinski definition) is 0. The van der Waals surface area contributed by atoms with Crippen molar-refractivity contribution in [3.05, 3.63) is 0 Å². The van der Waals surface area contributed by atoms with Crippen molar-refractivity contribution in [2.45, 2.75) is 64.1 Å². The summed E-state index contributed by atoms with van der Waals surface area (Å²) >= 11 is 0. The van der Waals surface area contributed by atoms with Crippen LogP contribution in [-0.4, -0.2) is 22.1 Å². The molecule has 0 amide bonds. The molecule has 2 nitrogen and oxygen atoms in total. The van der Waals surface area contributed by atoms with Gasteiger partial charge in [0.15, 0.2) is 0 Å². The highest BCUT2D eigenvalue weighted by Gasteiger charge is 2.24. The van der Waals surface area contributed by atoms with Crippen molar-refractivity contribution in [1.29, 1.82) is 0 Å². The smallest absolute Gasteiger partial charge is 0.307 e. The Kier molecular flexibility index (Phi) is 6.76. The molecule has 0 fully saturated rings. The Morgan fingerprint density at radius 1 is 1.27 bits per heavy atom. The van der Waals surface area contributed by atoms with Crippen molar-refractivity contribution in [2.24, 2.45) is 0 Å². The zero-order valence-corrected chi connectivity index (χ0v) is 12.1. The van der Waals surface area contributed by atoms with Crippen LogP contribution >= 0.6 is 21.6 Å². The summed E-state index contributed by atoms with van der Waals surface area (Å²) in [7, 11) is 3.57. The highest BCUT2D eigenvalue weighted by atomic mass is 33.1. The largest absolute Gasteiger partial charge is 0.463 e. The number of carbonyl (C=O) groups is 1. The van der Waals surface area contributed by atoms with Crippen molar-refractivity contribution in [2.75, 3.05) is 0 Å². The molecule has 0 N–H and O–H groups in total. The molecule has 0 radical (unpaired) electrons. The first kappa shape index (κ1) is 15.2. The molecule has 15 heavy (non-hydrogen) atoms. The van der Waals surface area contributed by atoms with Crippen LogP contribution in [-0.2, 0) is 9.53 Å². The minimum Gasteiger partial charge on any atom is -0.463 e. The minimum absolute atomic E-state index is 0.0175. The quantitative estimate of drug-likeness (QED) is 0.527. The fourth-order valence-corrected chi connectivity index (χ4v) is 3.07. The summed E-state index contributed by atoms with van der Waals surface area (Å²) in [5.74, 6) is -0.105. The van der Waals surface area contributed by atoms with Gasteiger partial charge in [0.05, 0.1) is 12.5 Å². The van der Waals surface area contributed by atoms with Crippen LogP contribution in [0.25, 0.3) is 0 Å². The molecule has 4 heteroatoms. The molecular weight excluding hydrogens is 228 g/mol. The fraction of sp³-hybridized carbons (Fsp3) is 0.909. The predicted molar refractivity (Wildman–Crippen MR) is 70.2 cm³/mol. The third kappa shape index (κ3) is 9.12. The first-order chi connectivity index (χ1) is 6.73. The van der Waals surface area contributed by atoms with E-state index in [9.17, 15) is 4.79 Å². The Hall–Kier alpha value is 0.170. The molecule has 0 aromatic heterocycles. The molecule has 0 atom stereocenters. The molecule has 0 unspecified atom stereocenters. The Labute approximate surface area is 101 Å². The van der Waals surface area contributed by atoms with Crippen LogP contribution in [0.4, 0.5) is 0 Å². The molecule has 0 rings (SSSR count). The van der Waals surface area contributed by atoms with Gasteiger partial charge in [-0.05, 0) is 27.7 Å². The molecule has 90 valence electrons. The predicted octanol–water partition coefficient (Wildman–Crippen LogP) is 3.90. The van der Waals surface area contributed by atoms with E-state index in [1.807, 2.05) is 24.6 Å². The molecule has 0 saturated heterocycles. The lowest BCUT2D eigenvalue weighted by Gasteiger charge is -2.23. The second-order valence-corrected chi connectivity index (χ2v) is 8.19. The molecule has 0 aromatic carbocycles. The standard InChI is InChI=1S/C11H22O2S2/c1-8(2)13-10(12)7-11(5,6)15-14-9(3)4/h8-9H,7H2,1-6H3. The Balaban J connectivity index is 3.96. The lowest BCUT2D eigenvalue weighted by atomic mass is 10.1. The Morgan fingerprint density at radius 2 is 1.80 bits per heavy atom. The molecule has 0 heterocycles. The number of esters is 1. The molecule has 0 saturated carbocycles. The maximum absolute atomic E-state index is 11.5. The van der Waals surface area contributed by atoms with Crippen molar-refractivity contribution in [3.8, 4) is 0 Å². The third-order valence-electron chi connectivity index (χ3n) is 1.40. The van der Waals surface area contributed by atoms with Crippen LogP contribution in [0, 0.1) is 0 Å². The lowest BCUT2D eigenvalue weighted by Crippen LogP contribution is -2.23. The van der Waals surface area contributed by atoms with Gasteiger partial charge in [-0.3, -0.25) is 4.79 Å². The van der Waals surface area contributed by atoms with Crippen LogP contribution in [0.15, 0.2) is 0 Å². The van der Waals surface area contributed by atoms with Gasteiger partial charge in [0.25, 0.3) is 0 Å². The van der Waals surface area contributed by atoms with Crippen molar-refractivity contribution in [3.63, 3.8) is 0 Å². The van der Waals surface area contributed by atoms with E-state index in [0.29, 0.717) is 11.7 Å². The summed E-state index contributed by atoms with van der Waals surface area (Å²) in [6.07, 6.45) is 0.450. The molecule has 0 bridgehead atoms. The van der Waals surface area contributed by atoms with Gasteiger partial charge >= 0.3 is 5.97 Å². The minimum atomic E-state index is -0.105.